The van der Waals surface area contributed by atoms with E-state index in [9.17, 15) is 0 Å². The molecule has 2 rings (SSSR count). The maximum atomic E-state index is 5.82. The number of halogens is 1. The van der Waals surface area contributed by atoms with Gasteiger partial charge in [-0.3, -0.25) is 11.3 Å². The maximum absolute atomic E-state index is 5.82. The molecule has 3 heteroatoms. The molecule has 0 aromatic heterocycles. The summed E-state index contributed by atoms with van der Waals surface area (Å²) in [5.74, 6) is 5.82. The van der Waals surface area contributed by atoms with Gasteiger partial charge in [0.05, 0.1) is 0 Å². The quantitative estimate of drug-likeness (QED) is 0.472. The molecular weight excluding hydrogens is 359 g/mol. The van der Waals surface area contributed by atoms with Crippen LogP contribution < -0.4 is 11.3 Å². The molecule has 106 valence electrons. The highest BCUT2D eigenvalue weighted by Gasteiger charge is 2.30. The van der Waals surface area contributed by atoms with Crippen LogP contribution in [0.15, 0.2) is 54.6 Å². The minimum atomic E-state index is -0.0288. The molecule has 0 saturated carbocycles. The van der Waals surface area contributed by atoms with Crippen molar-refractivity contribution in [2.45, 2.75) is 31.7 Å². The number of hydrogen-bond donors (Lipinski definition) is 2. The van der Waals surface area contributed by atoms with Crippen molar-refractivity contribution >= 4 is 22.6 Å². The van der Waals surface area contributed by atoms with E-state index in [0.717, 1.165) is 6.42 Å². The molecule has 0 saturated heterocycles. The second-order valence-electron chi connectivity index (χ2n) is 5.64. The highest BCUT2D eigenvalue weighted by molar-refractivity contribution is 14.1. The summed E-state index contributed by atoms with van der Waals surface area (Å²) in [5, 5.41) is 0. The molecule has 0 heterocycles. The molecule has 1 unspecified atom stereocenters. The lowest BCUT2D eigenvalue weighted by Gasteiger charge is -2.34. The van der Waals surface area contributed by atoms with E-state index in [1.807, 2.05) is 6.07 Å². The molecule has 0 aliphatic rings. The van der Waals surface area contributed by atoms with Crippen LogP contribution in [0.5, 0.6) is 0 Å². The Morgan fingerprint density at radius 3 is 2.20 bits per heavy atom. The number of benzene rings is 2. The summed E-state index contributed by atoms with van der Waals surface area (Å²) < 4.78 is 1.26. The van der Waals surface area contributed by atoms with Gasteiger partial charge in [-0.25, -0.2) is 0 Å². The van der Waals surface area contributed by atoms with E-state index in [2.05, 4.69) is 90.4 Å². The monoisotopic (exact) mass is 380 g/mol. The first kappa shape index (κ1) is 15.5. The van der Waals surface area contributed by atoms with E-state index in [4.69, 9.17) is 5.84 Å². The van der Waals surface area contributed by atoms with Crippen molar-refractivity contribution in [1.82, 2.24) is 5.43 Å². The Hall–Kier alpha value is -0.910. The molecule has 2 aromatic carbocycles. The predicted octanol–water partition coefficient (Wildman–Crippen LogP) is 3.64. The molecule has 2 nitrogen and oxygen atoms in total. The minimum Gasteiger partial charge on any atom is -0.271 e. The van der Waals surface area contributed by atoms with Gasteiger partial charge in [-0.2, -0.15) is 0 Å². The topological polar surface area (TPSA) is 38.0 Å². The Kier molecular flexibility index (Phi) is 5.18. The van der Waals surface area contributed by atoms with Gasteiger partial charge >= 0.3 is 0 Å². The van der Waals surface area contributed by atoms with Crippen molar-refractivity contribution in [2.24, 2.45) is 5.84 Å². The van der Waals surface area contributed by atoms with Gasteiger partial charge in [-0.1, -0.05) is 56.3 Å². The van der Waals surface area contributed by atoms with Crippen LogP contribution in [-0.4, -0.2) is 6.04 Å². The first-order chi connectivity index (χ1) is 9.54. The van der Waals surface area contributed by atoms with Gasteiger partial charge in [0.2, 0.25) is 0 Å². The fraction of sp³-hybridized carbons (Fsp3) is 0.294. The molecule has 0 aliphatic carbocycles. The van der Waals surface area contributed by atoms with Gasteiger partial charge in [0.15, 0.2) is 0 Å². The number of nitrogens with two attached hydrogens (primary N) is 1. The Morgan fingerprint density at radius 1 is 1.05 bits per heavy atom. The molecule has 0 bridgehead atoms. The average molecular weight is 380 g/mol. The summed E-state index contributed by atoms with van der Waals surface area (Å²) in [5.41, 5.74) is 5.58. The predicted molar refractivity (Wildman–Crippen MR) is 93.4 cm³/mol. The highest BCUT2D eigenvalue weighted by Crippen LogP contribution is 2.28. The summed E-state index contributed by atoms with van der Waals surface area (Å²) in [6.07, 6.45) is 0.912. The largest absolute Gasteiger partial charge is 0.271 e. The van der Waals surface area contributed by atoms with E-state index in [1.54, 1.807) is 0 Å². The Labute approximate surface area is 134 Å². The lowest BCUT2D eigenvalue weighted by atomic mass is 9.76. The summed E-state index contributed by atoms with van der Waals surface area (Å²) in [6.45, 7) is 4.47. The van der Waals surface area contributed by atoms with Crippen molar-refractivity contribution in [3.63, 3.8) is 0 Å². The van der Waals surface area contributed by atoms with Gasteiger partial charge in [-0.15, -0.1) is 0 Å². The van der Waals surface area contributed by atoms with E-state index >= 15 is 0 Å². The smallest absolute Gasteiger partial charge is 0.0342 e. The third kappa shape index (κ3) is 3.59. The molecule has 3 N–H and O–H groups in total. The molecule has 0 radical (unpaired) electrons. The third-order valence-electron chi connectivity index (χ3n) is 3.94. The molecule has 0 fully saturated rings. The van der Waals surface area contributed by atoms with Crippen LogP contribution in [-0.2, 0) is 11.8 Å². The van der Waals surface area contributed by atoms with E-state index in [-0.39, 0.29) is 11.5 Å². The van der Waals surface area contributed by atoms with Gasteiger partial charge in [0, 0.05) is 15.0 Å². The summed E-state index contributed by atoms with van der Waals surface area (Å²) in [6, 6.07) is 19.3. The van der Waals surface area contributed by atoms with E-state index in [0.29, 0.717) is 0 Å². The van der Waals surface area contributed by atoms with Crippen LogP contribution in [0.4, 0.5) is 0 Å². The molecule has 0 spiro atoms. The third-order valence-corrected chi connectivity index (χ3v) is 4.66. The van der Waals surface area contributed by atoms with Crippen LogP contribution in [0.25, 0.3) is 0 Å². The van der Waals surface area contributed by atoms with Crippen LogP contribution in [0.1, 0.15) is 25.0 Å². The number of rotatable bonds is 5. The average Bonchev–Trinajstić information content (AvgIpc) is 2.47. The van der Waals surface area contributed by atoms with Crippen LogP contribution in [0, 0.1) is 3.57 Å². The van der Waals surface area contributed by atoms with Crippen molar-refractivity contribution in [3.8, 4) is 0 Å². The van der Waals surface area contributed by atoms with Gasteiger partial charge in [0.1, 0.15) is 0 Å². The summed E-state index contributed by atoms with van der Waals surface area (Å²) >= 11 is 2.32. The normalized spacial score (nSPS) is 13.2. The SMILES string of the molecule is CC(C)(c1ccccc1)C(Cc1ccc(I)cc1)NN. The van der Waals surface area contributed by atoms with Crippen LogP contribution >= 0.6 is 22.6 Å². The molecule has 0 aliphatic heterocycles. The summed E-state index contributed by atoms with van der Waals surface area (Å²) in [4.78, 5) is 0. The molecule has 2 aromatic rings. The van der Waals surface area contributed by atoms with Crippen molar-refractivity contribution in [3.05, 3.63) is 69.3 Å². The number of hydrazine groups is 1. The second kappa shape index (κ2) is 6.70. The fourth-order valence-electron chi connectivity index (χ4n) is 2.45. The van der Waals surface area contributed by atoms with Crippen LogP contribution in [0.3, 0.4) is 0 Å². The highest BCUT2D eigenvalue weighted by atomic mass is 127. The zero-order chi connectivity index (χ0) is 14.6. The lowest BCUT2D eigenvalue weighted by molar-refractivity contribution is 0.341. The number of hydrogen-bond acceptors (Lipinski definition) is 2. The Morgan fingerprint density at radius 2 is 1.65 bits per heavy atom. The van der Waals surface area contributed by atoms with Crippen molar-refractivity contribution in [1.29, 1.82) is 0 Å². The molecule has 1 atom stereocenters. The molecular formula is C17H21IN2. The molecule has 20 heavy (non-hydrogen) atoms. The zero-order valence-electron chi connectivity index (χ0n) is 11.9. The van der Waals surface area contributed by atoms with Crippen molar-refractivity contribution in [2.75, 3.05) is 0 Å². The van der Waals surface area contributed by atoms with E-state index in [1.165, 1.54) is 14.7 Å². The Balaban J connectivity index is 2.21. The first-order valence-corrected chi connectivity index (χ1v) is 7.88. The number of nitrogens with one attached hydrogen (secondary N) is 1. The zero-order valence-corrected chi connectivity index (χ0v) is 14.1. The Bertz CT molecular complexity index is 535. The maximum Gasteiger partial charge on any atom is 0.0342 e. The first-order valence-electron chi connectivity index (χ1n) is 6.80. The summed E-state index contributed by atoms with van der Waals surface area (Å²) in [7, 11) is 0. The van der Waals surface area contributed by atoms with Gasteiger partial charge < -0.3 is 0 Å². The minimum absolute atomic E-state index is 0.0288. The standard InChI is InChI=1S/C17H21IN2/c1-17(2,14-6-4-3-5-7-14)16(20-19)12-13-8-10-15(18)11-9-13/h3-11,16,20H,12,19H2,1-2H3. The van der Waals surface area contributed by atoms with Gasteiger partial charge in [0.25, 0.3) is 0 Å². The van der Waals surface area contributed by atoms with Crippen molar-refractivity contribution < 1.29 is 0 Å². The second-order valence-corrected chi connectivity index (χ2v) is 6.88. The fourth-order valence-corrected chi connectivity index (χ4v) is 2.81. The molecule has 0 amide bonds. The lowest BCUT2D eigenvalue weighted by Crippen LogP contribution is -2.49. The van der Waals surface area contributed by atoms with E-state index < -0.39 is 0 Å². The van der Waals surface area contributed by atoms with Gasteiger partial charge in [-0.05, 0) is 52.3 Å². The van der Waals surface area contributed by atoms with Crippen LogP contribution in [0.2, 0.25) is 0 Å².